The summed E-state index contributed by atoms with van der Waals surface area (Å²) >= 11 is 0. The molecule has 1 N–H and O–H groups in total. The molecule has 2 aromatic rings. The van der Waals surface area contributed by atoms with Gasteiger partial charge in [0.2, 0.25) is 0 Å². The molecule has 2 aromatic heterocycles. The molecule has 0 bridgehead atoms. The minimum Gasteiger partial charge on any atom is -0.386 e. The molecule has 1 unspecified atom stereocenters. The molecule has 0 aliphatic rings. The fourth-order valence-electron chi connectivity index (χ4n) is 1.98. The van der Waals surface area contributed by atoms with Crippen LogP contribution >= 0.6 is 0 Å². The smallest absolute Gasteiger partial charge is 0.147 e. The third-order valence-corrected chi connectivity index (χ3v) is 2.79. The molecule has 0 amide bonds. The summed E-state index contributed by atoms with van der Waals surface area (Å²) in [4.78, 5) is 3.88. The normalized spacial score (nSPS) is 12.7. The largest absolute Gasteiger partial charge is 0.386 e. The average molecular weight is 249 g/mol. The molecule has 96 valence electrons. The molecule has 0 fully saturated rings. The van der Waals surface area contributed by atoms with Gasteiger partial charge < -0.3 is 5.11 Å². The summed E-state index contributed by atoms with van der Waals surface area (Å²) in [6.45, 7) is 4.59. The van der Waals surface area contributed by atoms with Crippen LogP contribution in [-0.2, 0) is 13.0 Å². The van der Waals surface area contributed by atoms with E-state index in [9.17, 15) is 9.50 Å². The maximum atomic E-state index is 13.5. The maximum Gasteiger partial charge on any atom is 0.147 e. The van der Waals surface area contributed by atoms with Crippen molar-refractivity contribution in [1.82, 2.24) is 14.8 Å². The standard InChI is InChI=1S/C13H16FN3O/c1-3-17-10(7-9(2)16-17)8-12(18)13-11(14)5-4-6-15-13/h4-7,12,18H,3,8H2,1-2H3. The monoisotopic (exact) mass is 249 g/mol. The number of aryl methyl sites for hydroxylation is 2. The van der Waals surface area contributed by atoms with Gasteiger partial charge in [-0.25, -0.2) is 4.39 Å². The summed E-state index contributed by atoms with van der Waals surface area (Å²) in [5, 5.41) is 14.3. The Morgan fingerprint density at radius 3 is 2.94 bits per heavy atom. The van der Waals surface area contributed by atoms with E-state index in [1.54, 1.807) is 4.68 Å². The Morgan fingerprint density at radius 1 is 1.50 bits per heavy atom. The van der Waals surface area contributed by atoms with Crippen LogP contribution in [0.25, 0.3) is 0 Å². The lowest BCUT2D eigenvalue weighted by Gasteiger charge is -2.11. The highest BCUT2D eigenvalue weighted by atomic mass is 19.1. The molecule has 4 nitrogen and oxygen atoms in total. The number of hydrogen-bond acceptors (Lipinski definition) is 3. The van der Waals surface area contributed by atoms with E-state index < -0.39 is 11.9 Å². The van der Waals surface area contributed by atoms with Crippen LogP contribution < -0.4 is 0 Å². The molecular formula is C13H16FN3O. The molecule has 0 radical (unpaired) electrons. The fourth-order valence-corrected chi connectivity index (χ4v) is 1.98. The molecule has 0 aromatic carbocycles. The fraction of sp³-hybridized carbons (Fsp3) is 0.385. The van der Waals surface area contributed by atoms with Crippen LogP contribution in [-0.4, -0.2) is 19.9 Å². The van der Waals surface area contributed by atoms with Gasteiger partial charge in [-0.05, 0) is 32.0 Å². The Labute approximate surface area is 105 Å². The Balaban J connectivity index is 2.21. The number of hydrogen-bond donors (Lipinski definition) is 1. The van der Waals surface area contributed by atoms with Gasteiger partial charge in [-0.1, -0.05) is 0 Å². The summed E-state index contributed by atoms with van der Waals surface area (Å²) < 4.78 is 15.3. The first-order chi connectivity index (χ1) is 8.61. The van der Waals surface area contributed by atoms with Crippen LogP contribution in [0.15, 0.2) is 24.4 Å². The Bertz CT molecular complexity index is 539. The van der Waals surface area contributed by atoms with Crippen LogP contribution in [0.3, 0.4) is 0 Å². The van der Waals surface area contributed by atoms with Crippen molar-refractivity contribution in [3.63, 3.8) is 0 Å². The lowest BCUT2D eigenvalue weighted by Crippen LogP contribution is -2.11. The minimum atomic E-state index is -0.951. The second-order valence-corrected chi connectivity index (χ2v) is 4.18. The zero-order valence-corrected chi connectivity index (χ0v) is 10.5. The second-order valence-electron chi connectivity index (χ2n) is 4.18. The van der Waals surface area contributed by atoms with Gasteiger partial charge in [0.25, 0.3) is 0 Å². The lowest BCUT2D eigenvalue weighted by molar-refractivity contribution is 0.165. The van der Waals surface area contributed by atoms with Crippen molar-refractivity contribution in [3.05, 3.63) is 47.3 Å². The van der Waals surface area contributed by atoms with Crippen molar-refractivity contribution in [2.45, 2.75) is 32.9 Å². The summed E-state index contributed by atoms with van der Waals surface area (Å²) in [6.07, 6.45) is 0.833. The lowest BCUT2D eigenvalue weighted by atomic mass is 10.1. The van der Waals surface area contributed by atoms with Gasteiger partial charge in [0, 0.05) is 24.9 Å². The van der Waals surface area contributed by atoms with Crippen molar-refractivity contribution >= 4 is 0 Å². The van der Waals surface area contributed by atoms with E-state index in [-0.39, 0.29) is 5.69 Å². The number of aliphatic hydroxyl groups excluding tert-OH is 1. The summed E-state index contributed by atoms with van der Waals surface area (Å²) in [5.41, 5.74) is 1.85. The van der Waals surface area contributed by atoms with Gasteiger partial charge in [-0.3, -0.25) is 9.67 Å². The highest BCUT2D eigenvalue weighted by molar-refractivity contribution is 5.15. The topological polar surface area (TPSA) is 50.9 Å². The van der Waals surface area contributed by atoms with E-state index in [2.05, 4.69) is 10.1 Å². The molecule has 2 rings (SSSR count). The molecule has 0 saturated carbocycles. The Hall–Kier alpha value is -1.75. The predicted molar refractivity (Wildman–Crippen MR) is 65.5 cm³/mol. The van der Waals surface area contributed by atoms with Gasteiger partial charge in [0.1, 0.15) is 17.6 Å². The van der Waals surface area contributed by atoms with Gasteiger partial charge in [0.15, 0.2) is 0 Å². The highest BCUT2D eigenvalue weighted by Gasteiger charge is 2.17. The van der Waals surface area contributed by atoms with Crippen molar-refractivity contribution in [2.75, 3.05) is 0 Å². The number of pyridine rings is 1. The third kappa shape index (κ3) is 2.56. The van der Waals surface area contributed by atoms with Crippen LogP contribution in [0, 0.1) is 12.7 Å². The molecule has 5 heteroatoms. The van der Waals surface area contributed by atoms with Gasteiger partial charge in [-0.2, -0.15) is 5.10 Å². The SMILES string of the molecule is CCn1nc(C)cc1CC(O)c1ncccc1F. The number of aromatic nitrogens is 3. The van der Waals surface area contributed by atoms with Crippen LogP contribution in [0.4, 0.5) is 4.39 Å². The molecule has 1 atom stereocenters. The Kier molecular flexibility index (Phi) is 3.72. The molecule has 0 spiro atoms. The minimum absolute atomic E-state index is 0.0824. The van der Waals surface area contributed by atoms with Crippen LogP contribution in [0.1, 0.15) is 30.1 Å². The number of aliphatic hydroxyl groups is 1. The van der Waals surface area contributed by atoms with E-state index in [1.165, 1.54) is 18.3 Å². The zero-order valence-electron chi connectivity index (χ0n) is 10.5. The van der Waals surface area contributed by atoms with Crippen molar-refractivity contribution in [1.29, 1.82) is 0 Å². The summed E-state index contributed by atoms with van der Waals surface area (Å²) in [5.74, 6) is -0.482. The number of halogens is 1. The van der Waals surface area contributed by atoms with E-state index in [0.717, 1.165) is 17.9 Å². The van der Waals surface area contributed by atoms with Gasteiger partial charge in [0.05, 0.1) is 5.69 Å². The zero-order chi connectivity index (χ0) is 13.1. The van der Waals surface area contributed by atoms with E-state index in [0.29, 0.717) is 6.42 Å². The van der Waals surface area contributed by atoms with Gasteiger partial charge in [-0.15, -0.1) is 0 Å². The predicted octanol–water partition coefficient (Wildman–Crippen LogP) is 2.02. The van der Waals surface area contributed by atoms with E-state index >= 15 is 0 Å². The molecule has 18 heavy (non-hydrogen) atoms. The number of nitrogens with zero attached hydrogens (tertiary/aromatic N) is 3. The third-order valence-electron chi connectivity index (χ3n) is 2.79. The first-order valence-corrected chi connectivity index (χ1v) is 5.93. The van der Waals surface area contributed by atoms with Crippen molar-refractivity contribution in [3.8, 4) is 0 Å². The second kappa shape index (κ2) is 5.27. The summed E-state index contributed by atoms with van der Waals surface area (Å²) in [6, 6.07) is 4.70. The maximum absolute atomic E-state index is 13.5. The van der Waals surface area contributed by atoms with Crippen molar-refractivity contribution in [2.24, 2.45) is 0 Å². The molecular weight excluding hydrogens is 233 g/mol. The van der Waals surface area contributed by atoms with Crippen molar-refractivity contribution < 1.29 is 9.50 Å². The molecule has 2 heterocycles. The Morgan fingerprint density at radius 2 is 2.28 bits per heavy atom. The molecule has 0 aliphatic heterocycles. The van der Waals surface area contributed by atoms with Gasteiger partial charge >= 0.3 is 0 Å². The van der Waals surface area contributed by atoms with Crippen LogP contribution in [0.2, 0.25) is 0 Å². The molecule has 0 saturated heterocycles. The highest BCUT2D eigenvalue weighted by Crippen LogP contribution is 2.19. The molecule has 0 aliphatic carbocycles. The quantitative estimate of drug-likeness (QED) is 0.902. The summed E-state index contributed by atoms with van der Waals surface area (Å²) in [7, 11) is 0. The van der Waals surface area contributed by atoms with Crippen LogP contribution in [0.5, 0.6) is 0 Å². The van der Waals surface area contributed by atoms with E-state index in [1.807, 2.05) is 19.9 Å². The first-order valence-electron chi connectivity index (χ1n) is 5.93. The van der Waals surface area contributed by atoms with E-state index in [4.69, 9.17) is 0 Å². The average Bonchev–Trinajstić information content (AvgIpc) is 2.70. The number of rotatable bonds is 4. The first kappa shape index (κ1) is 12.7.